The topological polar surface area (TPSA) is 57.2 Å². The summed E-state index contributed by atoms with van der Waals surface area (Å²) in [6.07, 6.45) is 1.08. The van der Waals surface area contributed by atoms with Crippen molar-refractivity contribution in [3.05, 3.63) is 23.8 Å². The van der Waals surface area contributed by atoms with Crippen LogP contribution in [0.1, 0.15) is 18.9 Å². The Kier molecular flexibility index (Phi) is 4.38. The molecule has 0 aliphatic carbocycles. The van der Waals surface area contributed by atoms with Gasteiger partial charge in [0.2, 0.25) is 6.79 Å². The number of benzene rings is 1. The second kappa shape index (κ2) is 6.44. The lowest BCUT2D eigenvalue weighted by atomic mass is 10.1. The minimum absolute atomic E-state index is 0.0233. The number of hydrogen-bond donors (Lipinski definition) is 0. The van der Waals surface area contributed by atoms with Crippen molar-refractivity contribution >= 4 is 6.09 Å². The maximum atomic E-state index is 12.1. The molecule has 6 nitrogen and oxygen atoms in total. The SMILES string of the molecule is CC(Cc1ccc2c(c1)OCO2)N(C)C(=O)OC1CCOC1. The summed E-state index contributed by atoms with van der Waals surface area (Å²) in [5, 5.41) is 0. The van der Waals surface area contributed by atoms with Crippen LogP contribution in [0.15, 0.2) is 18.2 Å². The molecule has 3 rings (SSSR count). The van der Waals surface area contributed by atoms with E-state index in [4.69, 9.17) is 18.9 Å². The molecule has 0 bridgehead atoms. The number of fused-ring (bicyclic) bond motifs is 1. The summed E-state index contributed by atoms with van der Waals surface area (Å²) in [7, 11) is 1.76. The van der Waals surface area contributed by atoms with E-state index < -0.39 is 0 Å². The molecule has 2 aliphatic rings. The highest BCUT2D eigenvalue weighted by molar-refractivity contribution is 5.68. The zero-order chi connectivity index (χ0) is 15.5. The Hall–Kier alpha value is -1.95. The molecule has 0 aromatic heterocycles. The van der Waals surface area contributed by atoms with Crippen LogP contribution in [-0.2, 0) is 15.9 Å². The largest absolute Gasteiger partial charge is 0.454 e. The summed E-state index contributed by atoms with van der Waals surface area (Å²) in [6, 6.07) is 5.88. The summed E-state index contributed by atoms with van der Waals surface area (Å²) in [4.78, 5) is 13.7. The third kappa shape index (κ3) is 3.27. The number of ether oxygens (including phenoxy) is 4. The van der Waals surface area contributed by atoms with Crippen molar-refractivity contribution in [1.82, 2.24) is 4.90 Å². The van der Waals surface area contributed by atoms with Gasteiger partial charge in [0.05, 0.1) is 13.2 Å². The summed E-state index contributed by atoms with van der Waals surface area (Å²) in [5.74, 6) is 1.53. The first-order valence-electron chi connectivity index (χ1n) is 7.53. The van der Waals surface area contributed by atoms with E-state index in [9.17, 15) is 4.79 Å². The molecule has 1 aromatic carbocycles. The van der Waals surface area contributed by atoms with Crippen LogP contribution in [-0.4, -0.2) is 50.2 Å². The second-order valence-electron chi connectivity index (χ2n) is 5.72. The van der Waals surface area contributed by atoms with Crippen molar-refractivity contribution in [1.29, 1.82) is 0 Å². The molecule has 0 saturated carbocycles. The van der Waals surface area contributed by atoms with E-state index in [2.05, 4.69) is 0 Å². The van der Waals surface area contributed by atoms with E-state index in [-0.39, 0.29) is 25.0 Å². The summed E-state index contributed by atoms with van der Waals surface area (Å²) in [5.41, 5.74) is 1.10. The third-order valence-electron chi connectivity index (χ3n) is 4.07. The predicted molar refractivity (Wildman–Crippen MR) is 79.2 cm³/mol. The highest BCUT2D eigenvalue weighted by atomic mass is 16.7. The van der Waals surface area contributed by atoms with E-state index in [0.29, 0.717) is 13.2 Å². The van der Waals surface area contributed by atoms with Gasteiger partial charge in [-0.2, -0.15) is 0 Å². The van der Waals surface area contributed by atoms with Crippen LogP contribution >= 0.6 is 0 Å². The lowest BCUT2D eigenvalue weighted by Crippen LogP contribution is -2.38. The van der Waals surface area contributed by atoms with Crippen LogP contribution in [0.3, 0.4) is 0 Å². The molecule has 2 aliphatic heterocycles. The molecule has 0 radical (unpaired) electrons. The van der Waals surface area contributed by atoms with Crippen LogP contribution in [0, 0.1) is 0 Å². The first-order chi connectivity index (χ1) is 10.6. The van der Waals surface area contributed by atoms with Crippen LogP contribution in [0.5, 0.6) is 11.5 Å². The van der Waals surface area contributed by atoms with Gasteiger partial charge in [-0.15, -0.1) is 0 Å². The first kappa shape index (κ1) is 15.0. The van der Waals surface area contributed by atoms with Crippen molar-refractivity contribution in [3.8, 4) is 11.5 Å². The standard InChI is InChI=1S/C16H21NO5/c1-11(17(2)16(18)22-13-5-6-19-9-13)7-12-3-4-14-15(8-12)21-10-20-14/h3-4,8,11,13H,5-7,9-10H2,1-2H3. The lowest BCUT2D eigenvalue weighted by molar-refractivity contribution is 0.0529. The van der Waals surface area contributed by atoms with Gasteiger partial charge in [0, 0.05) is 19.5 Å². The monoisotopic (exact) mass is 307 g/mol. The van der Waals surface area contributed by atoms with Gasteiger partial charge >= 0.3 is 6.09 Å². The summed E-state index contributed by atoms with van der Waals surface area (Å²) < 4.78 is 21.3. The Morgan fingerprint density at radius 3 is 3.00 bits per heavy atom. The van der Waals surface area contributed by atoms with Crippen LogP contribution < -0.4 is 9.47 Å². The minimum atomic E-state index is -0.302. The number of nitrogens with zero attached hydrogens (tertiary/aromatic N) is 1. The molecule has 2 unspecified atom stereocenters. The maximum absolute atomic E-state index is 12.1. The highest BCUT2D eigenvalue weighted by Gasteiger charge is 2.24. The van der Waals surface area contributed by atoms with Gasteiger partial charge in [-0.25, -0.2) is 4.79 Å². The van der Waals surface area contributed by atoms with E-state index in [1.165, 1.54) is 0 Å². The maximum Gasteiger partial charge on any atom is 0.410 e. The molecule has 120 valence electrons. The lowest BCUT2D eigenvalue weighted by Gasteiger charge is -2.25. The van der Waals surface area contributed by atoms with Crippen molar-refractivity contribution in [3.63, 3.8) is 0 Å². The number of carbonyl (C=O) groups is 1. The van der Waals surface area contributed by atoms with Gasteiger partial charge in [-0.3, -0.25) is 0 Å². The quantitative estimate of drug-likeness (QED) is 0.853. The Morgan fingerprint density at radius 1 is 1.41 bits per heavy atom. The molecule has 2 atom stereocenters. The Morgan fingerprint density at radius 2 is 2.23 bits per heavy atom. The van der Waals surface area contributed by atoms with E-state index in [1.807, 2.05) is 25.1 Å². The van der Waals surface area contributed by atoms with E-state index >= 15 is 0 Å². The average Bonchev–Trinajstić information content (AvgIpc) is 3.16. The van der Waals surface area contributed by atoms with Crippen LogP contribution in [0.4, 0.5) is 4.79 Å². The summed E-state index contributed by atoms with van der Waals surface area (Å²) >= 11 is 0. The molecule has 2 heterocycles. The van der Waals surface area contributed by atoms with E-state index in [1.54, 1.807) is 11.9 Å². The van der Waals surface area contributed by atoms with Gasteiger partial charge in [0.25, 0.3) is 0 Å². The first-order valence-corrected chi connectivity index (χ1v) is 7.53. The smallest absolute Gasteiger partial charge is 0.410 e. The fraction of sp³-hybridized carbons (Fsp3) is 0.562. The van der Waals surface area contributed by atoms with Gasteiger partial charge in [-0.05, 0) is 31.0 Å². The Balaban J connectivity index is 1.56. The van der Waals surface area contributed by atoms with Gasteiger partial charge < -0.3 is 23.8 Å². The molecule has 0 spiro atoms. The Labute approximate surface area is 129 Å². The van der Waals surface area contributed by atoms with Crippen molar-refractivity contribution in [2.75, 3.05) is 27.1 Å². The number of rotatable bonds is 4. The molecule has 1 aromatic rings. The molecule has 22 heavy (non-hydrogen) atoms. The van der Waals surface area contributed by atoms with Gasteiger partial charge in [0.1, 0.15) is 6.10 Å². The van der Waals surface area contributed by atoms with Gasteiger partial charge in [0.15, 0.2) is 11.5 Å². The predicted octanol–water partition coefficient (Wildman–Crippen LogP) is 2.20. The van der Waals surface area contributed by atoms with Crippen molar-refractivity contribution in [2.45, 2.75) is 31.9 Å². The second-order valence-corrected chi connectivity index (χ2v) is 5.72. The molecule has 0 N–H and O–H groups in total. The van der Waals surface area contributed by atoms with Crippen LogP contribution in [0.25, 0.3) is 0 Å². The zero-order valence-corrected chi connectivity index (χ0v) is 12.9. The normalized spacial score (nSPS) is 20.7. The highest BCUT2D eigenvalue weighted by Crippen LogP contribution is 2.33. The zero-order valence-electron chi connectivity index (χ0n) is 12.9. The van der Waals surface area contributed by atoms with Crippen LogP contribution in [0.2, 0.25) is 0 Å². The number of amides is 1. The Bertz CT molecular complexity index is 541. The molecule has 1 fully saturated rings. The molecular weight excluding hydrogens is 286 g/mol. The molecule has 6 heteroatoms. The minimum Gasteiger partial charge on any atom is -0.454 e. The number of carbonyl (C=O) groups excluding carboxylic acids is 1. The summed E-state index contributed by atoms with van der Waals surface area (Å²) in [6.45, 7) is 3.42. The average molecular weight is 307 g/mol. The number of likely N-dealkylation sites (N-methyl/N-ethyl adjacent to an activating group) is 1. The van der Waals surface area contributed by atoms with E-state index in [0.717, 1.165) is 29.9 Å². The van der Waals surface area contributed by atoms with Crippen molar-refractivity contribution in [2.24, 2.45) is 0 Å². The fourth-order valence-corrected chi connectivity index (χ4v) is 2.56. The number of hydrogen-bond acceptors (Lipinski definition) is 5. The molecule has 1 saturated heterocycles. The third-order valence-corrected chi connectivity index (χ3v) is 4.07. The van der Waals surface area contributed by atoms with Crippen molar-refractivity contribution < 1.29 is 23.7 Å². The molecule has 1 amide bonds. The van der Waals surface area contributed by atoms with Gasteiger partial charge in [-0.1, -0.05) is 6.07 Å². The fourth-order valence-electron chi connectivity index (χ4n) is 2.56. The molecular formula is C16H21NO5.